The first kappa shape index (κ1) is 14.0. The molecule has 2 N–H and O–H groups in total. The Kier molecular flexibility index (Phi) is 6.07. The van der Waals surface area contributed by atoms with Gasteiger partial charge in [-0.25, -0.2) is 4.79 Å². The standard InChI is InChI=1S/C8H16F3N3O/c1-12-4-3-5-14(2)7(15)13-6-8(9,10)11/h12H,3-6H2,1-2H3,(H,13,15). The van der Waals surface area contributed by atoms with Crippen LogP contribution in [0, 0.1) is 0 Å². The third-order valence-corrected chi connectivity index (χ3v) is 1.71. The molecule has 0 aromatic rings. The molecular formula is C8H16F3N3O. The van der Waals surface area contributed by atoms with Crippen LogP contribution < -0.4 is 10.6 Å². The van der Waals surface area contributed by atoms with Gasteiger partial charge in [0.25, 0.3) is 0 Å². The number of alkyl halides is 3. The number of carbonyl (C=O) groups is 1. The molecule has 15 heavy (non-hydrogen) atoms. The third kappa shape index (κ3) is 8.04. The summed E-state index contributed by atoms with van der Waals surface area (Å²) < 4.78 is 35.2. The molecule has 0 spiro atoms. The van der Waals surface area contributed by atoms with E-state index in [0.29, 0.717) is 13.0 Å². The van der Waals surface area contributed by atoms with E-state index in [1.165, 1.54) is 11.9 Å². The summed E-state index contributed by atoms with van der Waals surface area (Å²) in [6.45, 7) is -0.149. The molecule has 0 aliphatic carbocycles. The Morgan fingerprint density at radius 1 is 1.40 bits per heavy atom. The molecule has 0 aliphatic heterocycles. The van der Waals surface area contributed by atoms with Gasteiger partial charge < -0.3 is 15.5 Å². The lowest BCUT2D eigenvalue weighted by atomic mass is 10.4. The summed E-state index contributed by atoms with van der Waals surface area (Å²) in [7, 11) is 3.23. The first-order valence-electron chi connectivity index (χ1n) is 4.57. The number of rotatable bonds is 5. The quantitative estimate of drug-likeness (QED) is 0.682. The molecule has 2 amide bonds. The molecular weight excluding hydrogens is 211 g/mol. The normalized spacial score (nSPS) is 11.3. The summed E-state index contributed by atoms with van der Waals surface area (Å²) in [4.78, 5) is 12.3. The average molecular weight is 227 g/mol. The monoisotopic (exact) mass is 227 g/mol. The minimum Gasteiger partial charge on any atom is -0.329 e. The maximum atomic E-state index is 11.7. The van der Waals surface area contributed by atoms with E-state index in [4.69, 9.17) is 0 Å². The van der Waals surface area contributed by atoms with Crippen LogP contribution in [0.5, 0.6) is 0 Å². The van der Waals surface area contributed by atoms with Crippen LogP contribution in [0.3, 0.4) is 0 Å². The highest BCUT2D eigenvalue weighted by atomic mass is 19.4. The lowest BCUT2D eigenvalue weighted by Gasteiger charge is -2.18. The zero-order chi connectivity index (χ0) is 11.9. The van der Waals surface area contributed by atoms with Crippen molar-refractivity contribution in [1.29, 1.82) is 0 Å². The number of hydrogen-bond acceptors (Lipinski definition) is 2. The molecule has 7 heteroatoms. The lowest BCUT2D eigenvalue weighted by molar-refractivity contribution is -0.123. The van der Waals surface area contributed by atoms with Crippen LogP contribution in [0.4, 0.5) is 18.0 Å². The zero-order valence-electron chi connectivity index (χ0n) is 8.82. The van der Waals surface area contributed by atoms with E-state index >= 15 is 0 Å². The molecule has 0 rings (SSSR count). The highest BCUT2D eigenvalue weighted by Gasteiger charge is 2.28. The fourth-order valence-electron chi connectivity index (χ4n) is 0.905. The number of nitrogens with one attached hydrogen (secondary N) is 2. The molecule has 0 atom stereocenters. The van der Waals surface area contributed by atoms with Gasteiger partial charge in [0.15, 0.2) is 0 Å². The number of nitrogens with zero attached hydrogens (tertiary/aromatic N) is 1. The molecule has 0 saturated carbocycles. The van der Waals surface area contributed by atoms with Crippen LogP contribution in [0.15, 0.2) is 0 Å². The van der Waals surface area contributed by atoms with Gasteiger partial charge in [-0.3, -0.25) is 0 Å². The van der Waals surface area contributed by atoms with E-state index in [1.807, 2.05) is 0 Å². The number of amides is 2. The Hall–Kier alpha value is -0.980. The van der Waals surface area contributed by atoms with Crippen molar-refractivity contribution in [2.75, 3.05) is 33.7 Å². The fraction of sp³-hybridized carbons (Fsp3) is 0.875. The van der Waals surface area contributed by atoms with Gasteiger partial charge in [-0.15, -0.1) is 0 Å². The van der Waals surface area contributed by atoms with Crippen molar-refractivity contribution in [3.63, 3.8) is 0 Å². The second-order valence-corrected chi connectivity index (χ2v) is 3.15. The summed E-state index contributed by atoms with van der Waals surface area (Å²) in [5, 5.41) is 4.67. The molecule has 90 valence electrons. The van der Waals surface area contributed by atoms with Gasteiger partial charge >= 0.3 is 12.2 Å². The second kappa shape index (κ2) is 6.49. The smallest absolute Gasteiger partial charge is 0.329 e. The van der Waals surface area contributed by atoms with Crippen molar-refractivity contribution in [2.24, 2.45) is 0 Å². The molecule has 4 nitrogen and oxygen atoms in total. The SMILES string of the molecule is CNCCCN(C)C(=O)NCC(F)(F)F. The third-order valence-electron chi connectivity index (χ3n) is 1.71. The van der Waals surface area contributed by atoms with Gasteiger partial charge in [0, 0.05) is 13.6 Å². The van der Waals surface area contributed by atoms with E-state index in [1.54, 1.807) is 12.4 Å². The van der Waals surface area contributed by atoms with Crippen LogP contribution in [-0.4, -0.2) is 50.8 Å². The molecule has 0 saturated heterocycles. The van der Waals surface area contributed by atoms with E-state index in [2.05, 4.69) is 5.32 Å². The Balaban J connectivity index is 3.70. The van der Waals surface area contributed by atoms with E-state index < -0.39 is 18.8 Å². The Morgan fingerprint density at radius 3 is 2.47 bits per heavy atom. The average Bonchev–Trinajstić information content (AvgIpc) is 2.13. The van der Waals surface area contributed by atoms with Gasteiger partial charge in [-0.2, -0.15) is 13.2 Å². The van der Waals surface area contributed by atoms with Crippen LogP contribution >= 0.6 is 0 Å². The van der Waals surface area contributed by atoms with Gasteiger partial charge in [-0.1, -0.05) is 0 Å². The molecule has 0 aromatic heterocycles. The van der Waals surface area contributed by atoms with E-state index in [0.717, 1.165) is 6.54 Å². The predicted octanol–water partition coefficient (Wildman–Crippen LogP) is 0.800. The maximum absolute atomic E-state index is 11.7. The molecule has 0 heterocycles. The summed E-state index contributed by atoms with van der Waals surface area (Å²) in [5.74, 6) is 0. The summed E-state index contributed by atoms with van der Waals surface area (Å²) in [6, 6.07) is -0.705. The van der Waals surface area contributed by atoms with Crippen LogP contribution in [0.1, 0.15) is 6.42 Å². The first-order valence-corrected chi connectivity index (χ1v) is 4.57. The highest BCUT2D eigenvalue weighted by molar-refractivity contribution is 5.73. The minimum atomic E-state index is -4.36. The van der Waals surface area contributed by atoms with Crippen molar-refractivity contribution >= 4 is 6.03 Å². The van der Waals surface area contributed by atoms with Crippen molar-refractivity contribution < 1.29 is 18.0 Å². The predicted molar refractivity (Wildman–Crippen MR) is 50.6 cm³/mol. The highest BCUT2D eigenvalue weighted by Crippen LogP contribution is 2.12. The largest absolute Gasteiger partial charge is 0.405 e. The molecule has 0 unspecified atom stereocenters. The summed E-state index contributed by atoms with van der Waals surface area (Å²) in [6.07, 6.45) is -3.66. The molecule has 0 fully saturated rings. The summed E-state index contributed by atoms with van der Waals surface area (Å²) in [5.41, 5.74) is 0. The Bertz CT molecular complexity index is 196. The van der Waals surface area contributed by atoms with Crippen molar-refractivity contribution in [3.05, 3.63) is 0 Å². The van der Waals surface area contributed by atoms with Gasteiger partial charge in [0.05, 0.1) is 0 Å². The topological polar surface area (TPSA) is 44.4 Å². The Labute approximate surface area is 86.8 Å². The second-order valence-electron chi connectivity index (χ2n) is 3.15. The zero-order valence-corrected chi connectivity index (χ0v) is 8.82. The summed E-state index contributed by atoms with van der Waals surface area (Å²) >= 11 is 0. The number of halogens is 3. The lowest BCUT2D eigenvalue weighted by Crippen LogP contribution is -2.42. The van der Waals surface area contributed by atoms with Crippen LogP contribution in [0.25, 0.3) is 0 Å². The van der Waals surface area contributed by atoms with E-state index in [-0.39, 0.29) is 0 Å². The first-order chi connectivity index (χ1) is 6.87. The molecule has 0 radical (unpaired) electrons. The van der Waals surface area contributed by atoms with Crippen molar-refractivity contribution in [3.8, 4) is 0 Å². The molecule has 0 aliphatic rings. The molecule has 0 aromatic carbocycles. The van der Waals surface area contributed by atoms with Gasteiger partial charge in [-0.05, 0) is 20.0 Å². The Morgan fingerprint density at radius 2 is 2.00 bits per heavy atom. The minimum absolute atomic E-state index is 0.421. The number of urea groups is 1. The maximum Gasteiger partial charge on any atom is 0.405 e. The van der Waals surface area contributed by atoms with Crippen molar-refractivity contribution in [1.82, 2.24) is 15.5 Å². The number of carbonyl (C=O) groups excluding carboxylic acids is 1. The number of hydrogen-bond donors (Lipinski definition) is 2. The fourth-order valence-corrected chi connectivity index (χ4v) is 0.905. The molecule has 0 bridgehead atoms. The van der Waals surface area contributed by atoms with Gasteiger partial charge in [0.2, 0.25) is 0 Å². The van der Waals surface area contributed by atoms with Gasteiger partial charge in [0.1, 0.15) is 6.54 Å². The van der Waals surface area contributed by atoms with E-state index in [9.17, 15) is 18.0 Å². The van der Waals surface area contributed by atoms with Crippen LogP contribution in [0.2, 0.25) is 0 Å². The van der Waals surface area contributed by atoms with Crippen LogP contribution in [-0.2, 0) is 0 Å². The van der Waals surface area contributed by atoms with Crippen molar-refractivity contribution in [2.45, 2.75) is 12.6 Å².